The molecule has 21 heavy (non-hydrogen) atoms. The first kappa shape index (κ1) is 16.7. The van der Waals surface area contributed by atoms with Crippen LogP contribution in [0, 0.1) is 0 Å². The highest BCUT2D eigenvalue weighted by atomic mass is 32.1. The van der Waals surface area contributed by atoms with Crippen LogP contribution in [0.2, 0.25) is 0 Å². The second kappa shape index (κ2) is 7.07. The SMILES string of the molecule is CCNCc1sc(N(CCOC)C2CC2)nc1C(C)(C)C. The predicted molar refractivity (Wildman–Crippen MR) is 90.4 cm³/mol. The molecule has 1 fully saturated rings. The summed E-state index contributed by atoms with van der Waals surface area (Å²) >= 11 is 1.85. The Morgan fingerprint density at radius 1 is 1.38 bits per heavy atom. The summed E-state index contributed by atoms with van der Waals surface area (Å²) in [5.41, 5.74) is 1.34. The van der Waals surface area contributed by atoms with Crippen molar-refractivity contribution in [3.63, 3.8) is 0 Å². The Labute approximate surface area is 132 Å². The van der Waals surface area contributed by atoms with Crippen LogP contribution in [0.25, 0.3) is 0 Å². The van der Waals surface area contributed by atoms with Crippen LogP contribution < -0.4 is 10.2 Å². The number of hydrogen-bond donors (Lipinski definition) is 1. The van der Waals surface area contributed by atoms with Gasteiger partial charge in [-0.15, -0.1) is 11.3 Å². The molecular weight excluding hydrogens is 282 g/mol. The molecule has 4 nitrogen and oxygen atoms in total. The van der Waals surface area contributed by atoms with E-state index in [4.69, 9.17) is 9.72 Å². The minimum Gasteiger partial charge on any atom is -0.383 e. The molecule has 120 valence electrons. The lowest BCUT2D eigenvalue weighted by Crippen LogP contribution is -2.29. The molecule has 1 heterocycles. The van der Waals surface area contributed by atoms with Crippen LogP contribution in [0.4, 0.5) is 5.13 Å². The van der Waals surface area contributed by atoms with Crippen LogP contribution in [0.1, 0.15) is 51.1 Å². The summed E-state index contributed by atoms with van der Waals surface area (Å²) in [6.07, 6.45) is 2.58. The average Bonchev–Trinajstić information content (AvgIpc) is 3.15. The van der Waals surface area contributed by atoms with Gasteiger partial charge >= 0.3 is 0 Å². The quantitative estimate of drug-likeness (QED) is 0.800. The molecule has 0 atom stereocenters. The van der Waals surface area contributed by atoms with Gasteiger partial charge in [0.2, 0.25) is 0 Å². The fraction of sp³-hybridized carbons (Fsp3) is 0.812. The minimum atomic E-state index is 0.0932. The fourth-order valence-electron chi connectivity index (χ4n) is 2.42. The van der Waals surface area contributed by atoms with Crippen LogP contribution in [-0.4, -0.2) is 37.8 Å². The molecule has 0 spiro atoms. The van der Waals surface area contributed by atoms with Crippen LogP contribution in [-0.2, 0) is 16.7 Å². The van der Waals surface area contributed by atoms with E-state index in [2.05, 4.69) is 37.9 Å². The molecule has 0 saturated heterocycles. The Morgan fingerprint density at radius 2 is 2.10 bits per heavy atom. The van der Waals surface area contributed by atoms with Crippen molar-refractivity contribution >= 4 is 16.5 Å². The average molecular weight is 311 g/mol. The van der Waals surface area contributed by atoms with Crippen molar-refractivity contribution < 1.29 is 4.74 Å². The van der Waals surface area contributed by atoms with Crippen molar-refractivity contribution in [2.45, 2.75) is 58.5 Å². The van der Waals surface area contributed by atoms with E-state index in [9.17, 15) is 0 Å². The lowest BCUT2D eigenvalue weighted by atomic mass is 9.91. The van der Waals surface area contributed by atoms with E-state index in [1.54, 1.807) is 7.11 Å². The molecule has 0 aliphatic heterocycles. The summed E-state index contributed by atoms with van der Waals surface area (Å²) in [7, 11) is 1.77. The number of nitrogens with one attached hydrogen (secondary N) is 1. The lowest BCUT2D eigenvalue weighted by molar-refractivity contribution is 0.205. The summed E-state index contributed by atoms with van der Waals surface area (Å²) in [6, 6.07) is 0.672. The smallest absolute Gasteiger partial charge is 0.186 e. The van der Waals surface area contributed by atoms with Gasteiger partial charge in [0.1, 0.15) is 0 Å². The number of thiazole rings is 1. The normalized spacial score (nSPS) is 15.5. The molecule has 0 bridgehead atoms. The minimum absolute atomic E-state index is 0.0932. The summed E-state index contributed by atoms with van der Waals surface area (Å²) < 4.78 is 5.26. The van der Waals surface area contributed by atoms with Gasteiger partial charge in [-0.05, 0) is 19.4 Å². The van der Waals surface area contributed by atoms with E-state index >= 15 is 0 Å². The number of hydrogen-bond acceptors (Lipinski definition) is 5. The number of rotatable bonds is 8. The van der Waals surface area contributed by atoms with Crippen molar-refractivity contribution in [2.75, 3.05) is 31.7 Å². The first-order chi connectivity index (χ1) is 9.97. The van der Waals surface area contributed by atoms with Gasteiger partial charge in [0, 0.05) is 36.5 Å². The molecule has 0 aromatic carbocycles. The van der Waals surface area contributed by atoms with E-state index in [1.165, 1.54) is 28.5 Å². The summed E-state index contributed by atoms with van der Waals surface area (Å²) in [5, 5.41) is 4.62. The Balaban J connectivity index is 2.23. The number of aromatic nitrogens is 1. The first-order valence-electron chi connectivity index (χ1n) is 7.93. The van der Waals surface area contributed by atoms with Gasteiger partial charge in [-0.2, -0.15) is 0 Å². The number of ether oxygens (including phenoxy) is 1. The molecule has 1 aromatic heterocycles. The molecular formula is C16H29N3OS. The van der Waals surface area contributed by atoms with Crippen LogP contribution in [0.5, 0.6) is 0 Å². The predicted octanol–water partition coefficient (Wildman–Crippen LogP) is 3.17. The van der Waals surface area contributed by atoms with E-state index < -0.39 is 0 Å². The van der Waals surface area contributed by atoms with E-state index in [-0.39, 0.29) is 5.41 Å². The summed E-state index contributed by atoms with van der Waals surface area (Å²) in [5.74, 6) is 0. The zero-order valence-electron chi connectivity index (χ0n) is 14.0. The Bertz CT molecular complexity index is 449. The molecule has 1 aromatic rings. The van der Waals surface area contributed by atoms with E-state index in [1.807, 2.05) is 11.3 Å². The summed E-state index contributed by atoms with van der Waals surface area (Å²) in [4.78, 5) is 8.82. The van der Waals surface area contributed by atoms with E-state index in [0.29, 0.717) is 6.04 Å². The molecule has 1 aliphatic rings. The van der Waals surface area contributed by atoms with Gasteiger partial charge in [0.25, 0.3) is 0 Å². The van der Waals surface area contributed by atoms with Crippen molar-refractivity contribution in [3.8, 4) is 0 Å². The second-order valence-electron chi connectivity index (χ2n) is 6.72. The monoisotopic (exact) mass is 311 g/mol. The largest absolute Gasteiger partial charge is 0.383 e. The van der Waals surface area contributed by atoms with Crippen molar-refractivity contribution in [1.29, 1.82) is 0 Å². The van der Waals surface area contributed by atoms with Crippen molar-refractivity contribution in [1.82, 2.24) is 10.3 Å². The maximum absolute atomic E-state index is 5.26. The molecule has 1 saturated carbocycles. The Hall–Kier alpha value is -0.650. The standard InChI is InChI=1S/C16H29N3OS/c1-6-17-11-13-14(16(2,3)4)18-15(21-13)19(9-10-20-5)12-7-8-12/h12,17H,6-11H2,1-5H3. The molecule has 0 amide bonds. The third-order valence-corrected chi connectivity index (χ3v) is 4.79. The van der Waals surface area contributed by atoms with Gasteiger partial charge in [-0.25, -0.2) is 4.98 Å². The maximum atomic E-state index is 5.26. The number of nitrogens with zero attached hydrogens (tertiary/aromatic N) is 2. The van der Waals surface area contributed by atoms with Crippen molar-refractivity contribution in [3.05, 3.63) is 10.6 Å². The topological polar surface area (TPSA) is 37.4 Å². The zero-order chi connectivity index (χ0) is 15.5. The van der Waals surface area contributed by atoms with Gasteiger partial charge in [-0.1, -0.05) is 27.7 Å². The van der Waals surface area contributed by atoms with Crippen molar-refractivity contribution in [2.24, 2.45) is 0 Å². The maximum Gasteiger partial charge on any atom is 0.186 e. The second-order valence-corrected chi connectivity index (χ2v) is 7.78. The van der Waals surface area contributed by atoms with Crippen LogP contribution >= 0.6 is 11.3 Å². The molecule has 1 aliphatic carbocycles. The summed E-state index contributed by atoms with van der Waals surface area (Å²) in [6.45, 7) is 12.5. The Kier molecular flexibility index (Phi) is 5.63. The molecule has 1 N–H and O–H groups in total. The fourth-order valence-corrected chi connectivity index (χ4v) is 3.75. The van der Waals surface area contributed by atoms with E-state index in [0.717, 1.165) is 26.2 Å². The molecule has 0 radical (unpaired) electrons. The zero-order valence-corrected chi connectivity index (χ0v) is 14.8. The third kappa shape index (κ3) is 4.41. The highest BCUT2D eigenvalue weighted by Gasteiger charge is 2.32. The van der Waals surface area contributed by atoms with Crippen LogP contribution in [0.15, 0.2) is 0 Å². The highest BCUT2D eigenvalue weighted by Crippen LogP contribution is 2.38. The van der Waals surface area contributed by atoms with Gasteiger partial charge < -0.3 is 15.0 Å². The molecule has 0 unspecified atom stereocenters. The number of methoxy groups -OCH3 is 1. The van der Waals surface area contributed by atoms with Gasteiger partial charge in [-0.3, -0.25) is 0 Å². The van der Waals surface area contributed by atoms with Gasteiger partial charge in [0.15, 0.2) is 5.13 Å². The highest BCUT2D eigenvalue weighted by molar-refractivity contribution is 7.15. The Morgan fingerprint density at radius 3 is 2.62 bits per heavy atom. The third-order valence-electron chi connectivity index (χ3n) is 3.70. The lowest BCUT2D eigenvalue weighted by Gasteiger charge is -2.21. The molecule has 2 rings (SSSR count). The molecule has 5 heteroatoms. The van der Waals surface area contributed by atoms with Crippen LogP contribution in [0.3, 0.4) is 0 Å². The van der Waals surface area contributed by atoms with Gasteiger partial charge in [0.05, 0.1) is 12.3 Å². The first-order valence-corrected chi connectivity index (χ1v) is 8.75. The number of anilines is 1.